The summed E-state index contributed by atoms with van der Waals surface area (Å²) in [6, 6.07) is 0. The molecule has 0 aromatic heterocycles. The lowest BCUT2D eigenvalue weighted by Crippen LogP contribution is -2.30. The molecule has 0 fully saturated rings. The monoisotopic (exact) mass is 1070 g/mol. The van der Waals surface area contributed by atoms with E-state index in [9.17, 15) is 14.4 Å². The summed E-state index contributed by atoms with van der Waals surface area (Å²) in [6.07, 6.45) is 97.5. The largest absolute Gasteiger partial charge is 0.462 e. The highest BCUT2D eigenvalue weighted by Crippen LogP contribution is 2.12. The Balaban J connectivity index is 4.41. The summed E-state index contributed by atoms with van der Waals surface area (Å²) >= 11 is 0. The van der Waals surface area contributed by atoms with Gasteiger partial charge in [0.1, 0.15) is 13.2 Å². The molecule has 0 bridgehead atoms. The van der Waals surface area contributed by atoms with Crippen molar-refractivity contribution in [2.75, 3.05) is 13.2 Å². The lowest BCUT2D eigenvalue weighted by Gasteiger charge is -2.18. The zero-order chi connectivity index (χ0) is 56.4. The number of rotatable bonds is 52. The second-order valence-corrected chi connectivity index (χ2v) is 19.1. The number of ether oxygens (including phenoxy) is 3. The molecule has 0 aromatic rings. The molecule has 0 rings (SSSR count). The number of hydrogen-bond donors (Lipinski definition) is 0. The molecule has 6 nitrogen and oxygen atoms in total. The number of hydrogen-bond acceptors (Lipinski definition) is 6. The Morgan fingerprint density at radius 2 is 0.526 bits per heavy atom. The molecule has 0 amide bonds. The van der Waals surface area contributed by atoms with Gasteiger partial charge in [-0.2, -0.15) is 0 Å². The number of unbranched alkanes of at least 4 members (excludes halogenated alkanes) is 9. The topological polar surface area (TPSA) is 78.9 Å². The van der Waals surface area contributed by atoms with Gasteiger partial charge in [0, 0.05) is 19.3 Å². The zero-order valence-corrected chi connectivity index (χ0v) is 49.3. The van der Waals surface area contributed by atoms with Crippen LogP contribution in [0.25, 0.3) is 0 Å². The Bertz CT molecular complexity index is 1900. The van der Waals surface area contributed by atoms with Gasteiger partial charge >= 0.3 is 17.9 Å². The van der Waals surface area contributed by atoms with Gasteiger partial charge in [-0.05, 0) is 135 Å². The first kappa shape index (κ1) is 72.2. The molecule has 0 aliphatic heterocycles. The van der Waals surface area contributed by atoms with Gasteiger partial charge in [-0.25, -0.2) is 0 Å². The van der Waals surface area contributed by atoms with Gasteiger partial charge in [-0.15, -0.1) is 0 Å². The number of esters is 3. The van der Waals surface area contributed by atoms with Gasteiger partial charge in [0.05, 0.1) is 0 Å². The van der Waals surface area contributed by atoms with Crippen LogP contribution in [0.2, 0.25) is 0 Å². The van der Waals surface area contributed by atoms with E-state index in [4.69, 9.17) is 14.2 Å². The molecule has 1 atom stereocenters. The number of allylic oxidation sites excluding steroid dienone is 32. The van der Waals surface area contributed by atoms with Crippen molar-refractivity contribution >= 4 is 17.9 Å². The molecule has 0 radical (unpaired) electrons. The molecule has 0 aliphatic carbocycles. The van der Waals surface area contributed by atoms with E-state index in [0.29, 0.717) is 19.3 Å². The van der Waals surface area contributed by atoms with E-state index in [1.807, 2.05) is 12.2 Å². The first-order valence-electron chi connectivity index (χ1n) is 30.4. The summed E-state index contributed by atoms with van der Waals surface area (Å²) in [4.78, 5) is 38.0. The van der Waals surface area contributed by atoms with Crippen LogP contribution in [-0.4, -0.2) is 37.2 Å². The fourth-order valence-corrected chi connectivity index (χ4v) is 7.38. The molecule has 78 heavy (non-hydrogen) atoms. The highest BCUT2D eigenvalue weighted by Gasteiger charge is 2.19. The average molecular weight is 1070 g/mol. The second kappa shape index (κ2) is 63.8. The minimum atomic E-state index is -0.845. The van der Waals surface area contributed by atoms with Crippen LogP contribution >= 0.6 is 0 Å². The SMILES string of the molecule is CC/C=C\C/C=C\C/C=C\C/C=C\C/C=C\C/C=C\C/C=C\C/C=C\C/C=C\C/C=C\CCCCC(=O)OCC(COC(=O)CCCCCCCCCC)OC(=O)CC/C=C\C/C=C\C/C=C\C/C=C\C/C=C\C/C=C\CC. The Hall–Kier alpha value is -5.75. The maximum absolute atomic E-state index is 12.8. The van der Waals surface area contributed by atoms with Crippen molar-refractivity contribution in [1.29, 1.82) is 0 Å². The fourth-order valence-electron chi connectivity index (χ4n) is 7.38. The third-order valence-electron chi connectivity index (χ3n) is 11.9. The predicted molar refractivity (Wildman–Crippen MR) is 338 cm³/mol. The molecule has 432 valence electrons. The summed E-state index contributed by atoms with van der Waals surface area (Å²) in [7, 11) is 0. The smallest absolute Gasteiger partial charge is 0.306 e. The van der Waals surface area contributed by atoms with Crippen LogP contribution in [0.3, 0.4) is 0 Å². The van der Waals surface area contributed by atoms with Crippen molar-refractivity contribution in [3.05, 3.63) is 194 Å². The first-order valence-corrected chi connectivity index (χ1v) is 30.4. The summed E-state index contributed by atoms with van der Waals surface area (Å²) in [5.41, 5.74) is 0. The molecule has 0 N–H and O–H groups in total. The lowest BCUT2D eigenvalue weighted by molar-refractivity contribution is -0.166. The van der Waals surface area contributed by atoms with Crippen molar-refractivity contribution in [2.45, 2.75) is 226 Å². The van der Waals surface area contributed by atoms with Crippen LogP contribution in [0.4, 0.5) is 0 Å². The predicted octanol–water partition coefficient (Wildman–Crippen LogP) is 21.0. The summed E-state index contributed by atoms with van der Waals surface area (Å²) in [6.45, 7) is 6.25. The van der Waals surface area contributed by atoms with E-state index in [-0.39, 0.29) is 38.0 Å². The number of carbonyl (C=O) groups excluding carboxylic acids is 3. The second-order valence-electron chi connectivity index (χ2n) is 19.1. The molecular weight excluding hydrogens is 961 g/mol. The van der Waals surface area contributed by atoms with E-state index in [0.717, 1.165) is 135 Å². The van der Waals surface area contributed by atoms with Crippen LogP contribution < -0.4 is 0 Å². The van der Waals surface area contributed by atoms with E-state index in [1.54, 1.807) is 0 Å². The molecule has 0 aromatic carbocycles. The van der Waals surface area contributed by atoms with E-state index in [2.05, 4.69) is 203 Å². The van der Waals surface area contributed by atoms with Gasteiger partial charge < -0.3 is 14.2 Å². The zero-order valence-electron chi connectivity index (χ0n) is 49.3. The van der Waals surface area contributed by atoms with Crippen LogP contribution in [0, 0.1) is 0 Å². The fraction of sp³-hybridized carbons (Fsp3) is 0.514. The maximum atomic E-state index is 12.8. The molecule has 0 saturated carbocycles. The summed E-state index contributed by atoms with van der Waals surface area (Å²) < 4.78 is 16.7. The highest BCUT2D eigenvalue weighted by atomic mass is 16.6. The Labute approximate surface area is 477 Å². The third-order valence-corrected chi connectivity index (χ3v) is 11.9. The van der Waals surface area contributed by atoms with Gasteiger partial charge in [-0.1, -0.05) is 260 Å². The molecule has 0 spiro atoms. The molecular formula is C72H108O6. The normalized spacial score (nSPS) is 13.5. The van der Waals surface area contributed by atoms with E-state index in [1.165, 1.54) is 32.1 Å². The molecule has 0 heterocycles. The minimum absolute atomic E-state index is 0.131. The number of carbonyl (C=O) groups is 3. The summed E-state index contributed by atoms with van der Waals surface area (Å²) in [5, 5.41) is 0. The summed E-state index contributed by atoms with van der Waals surface area (Å²) in [5.74, 6) is -1.08. The van der Waals surface area contributed by atoms with Gasteiger partial charge in [0.15, 0.2) is 6.10 Å². The van der Waals surface area contributed by atoms with Crippen molar-refractivity contribution in [3.63, 3.8) is 0 Å². The Kier molecular flexibility index (Phi) is 59.1. The van der Waals surface area contributed by atoms with Crippen LogP contribution in [0.1, 0.15) is 220 Å². The first-order chi connectivity index (χ1) is 38.5. The third kappa shape index (κ3) is 61.1. The standard InChI is InChI=1S/C72H108O6/c1-4-7-10-13-16-19-21-23-25-27-29-30-31-32-33-34-35-36-37-38-39-40-41-42-44-45-47-49-51-53-56-59-62-65-71(74)77-68-69(67-76-70(73)64-61-58-55-18-15-12-9-6-3)78-72(75)66-63-60-57-54-52-50-48-46-43-28-26-24-22-20-17-14-11-8-5-2/h7-8,10-11,16-17,19-20,23-26,29-30,32-33,35-36,38-39,41-43,45-47,50-53,57,60,69H,4-6,9,12-15,18,21-22,27-28,31,34,37,40,44,48-49,54-56,58-59,61-68H2,1-3H3/b10-7-,11-8-,19-16-,20-17-,25-23-,26-24-,30-29-,33-32-,36-35-,39-38-,42-41-,46-43-,47-45-,52-50-,53-51-,60-57-. The van der Waals surface area contributed by atoms with Crippen molar-refractivity contribution < 1.29 is 28.6 Å². The van der Waals surface area contributed by atoms with Crippen LogP contribution in [-0.2, 0) is 28.6 Å². The van der Waals surface area contributed by atoms with E-state index < -0.39 is 12.1 Å². The molecule has 0 aliphatic rings. The van der Waals surface area contributed by atoms with Crippen molar-refractivity contribution in [2.24, 2.45) is 0 Å². The minimum Gasteiger partial charge on any atom is -0.462 e. The molecule has 0 saturated heterocycles. The van der Waals surface area contributed by atoms with Crippen molar-refractivity contribution in [3.8, 4) is 0 Å². The van der Waals surface area contributed by atoms with Gasteiger partial charge in [0.25, 0.3) is 0 Å². The quantitative estimate of drug-likeness (QED) is 0.0261. The van der Waals surface area contributed by atoms with Crippen molar-refractivity contribution in [1.82, 2.24) is 0 Å². The molecule has 1 unspecified atom stereocenters. The van der Waals surface area contributed by atoms with Crippen LogP contribution in [0.5, 0.6) is 0 Å². The highest BCUT2D eigenvalue weighted by molar-refractivity contribution is 5.71. The Morgan fingerprint density at radius 1 is 0.269 bits per heavy atom. The molecule has 6 heteroatoms. The van der Waals surface area contributed by atoms with Gasteiger partial charge in [-0.3, -0.25) is 14.4 Å². The van der Waals surface area contributed by atoms with E-state index >= 15 is 0 Å². The van der Waals surface area contributed by atoms with Crippen LogP contribution in [0.15, 0.2) is 194 Å². The maximum Gasteiger partial charge on any atom is 0.306 e. The lowest BCUT2D eigenvalue weighted by atomic mass is 10.1. The average Bonchev–Trinajstić information content (AvgIpc) is 3.44. The Morgan fingerprint density at radius 3 is 0.833 bits per heavy atom. The van der Waals surface area contributed by atoms with Gasteiger partial charge in [0.2, 0.25) is 0 Å².